The number of aliphatic imine (C=N–C) groups is 3. The minimum absolute atomic E-state index is 0.000394. The number of urea groups is 1. The van der Waals surface area contributed by atoms with E-state index in [1.807, 2.05) is 0 Å². The second-order valence-corrected chi connectivity index (χ2v) is 8.03. The highest BCUT2D eigenvalue weighted by molar-refractivity contribution is 6.24. The molecule has 4 aliphatic heterocycles. The minimum atomic E-state index is -0.883. The number of nitrogens with one attached hydrogen (secondary N) is 1. The molecule has 15 heteroatoms. The molecule has 1 fully saturated rings. The van der Waals surface area contributed by atoms with Crippen LogP contribution in [0.25, 0.3) is 0 Å². The van der Waals surface area contributed by atoms with E-state index in [0.29, 0.717) is 11.5 Å². The molecular formula is C19H20N11O4+. The zero-order chi connectivity index (χ0) is 24.3. The Morgan fingerprint density at radius 1 is 1.12 bits per heavy atom. The van der Waals surface area contributed by atoms with E-state index in [9.17, 15) is 19.2 Å². The smallest absolute Gasteiger partial charge is 0.307 e. The lowest BCUT2D eigenvalue weighted by Crippen LogP contribution is -2.61. The first kappa shape index (κ1) is 21.3. The van der Waals surface area contributed by atoms with Crippen molar-refractivity contribution >= 4 is 59.8 Å². The zero-order valence-corrected chi connectivity index (χ0v) is 18.7. The van der Waals surface area contributed by atoms with Crippen LogP contribution in [0.2, 0.25) is 0 Å². The standard InChI is InChI=1S/C19H19N11O4/c1-9-5-11(30(25-9)18-23-14-10(16(32)24-18)6-21-28(14)4)22-12(31)7-29-8-20-15-13(29)17(33)27(3)19(34)26(15)2/h5-6,8,10,13H,7H2,1-4H3/p+1. The number of likely N-dealkylation sites (N-methyl/N-ethyl adjacent to an activating group) is 2. The van der Waals surface area contributed by atoms with Crippen LogP contribution in [0.4, 0.5) is 10.6 Å². The number of nitrogens with zero attached hydrogens (tertiary/aromatic N) is 10. The Hall–Kier alpha value is -4.56. The Morgan fingerprint density at radius 2 is 1.88 bits per heavy atom. The van der Waals surface area contributed by atoms with Crippen molar-refractivity contribution in [2.75, 3.05) is 33.0 Å². The van der Waals surface area contributed by atoms with Gasteiger partial charge in [-0.2, -0.15) is 24.9 Å². The molecule has 5 rings (SSSR count). The molecule has 2 atom stereocenters. The summed E-state index contributed by atoms with van der Waals surface area (Å²) < 4.78 is 2.71. The summed E-state index contributed by atoms with van der Waals surface area (Å²) in [5, 5.41) is 12.6. The summed E-state index contributed by atoms with van der Waals surface area (Å²) in [4.78, 5) is 64.8. The summed E-state index contributed by atoms with van der Waals surface area (Å²) in [6, 6.07) is 0.226. The fraction of sp³-hybridized carbons (Fsp3) is 0.368. The predicted molar refractivity (Wildman–Crippen MR) is 119 cm³/mol. The maximum Gasteiger partial charge on any atom is 0.333 e. The number of fused-ring (bicyclic) bond motifs is 2. The van der Waals surface area contributed by atoms with E-state index in [1.165, 1.54) is 45.8 Å². The fourth-order valence-electron chi connectivity index (χ4n) is 3.96. The van der Waals surface area contributed by atoms with Crippen LogP contribution in [0, 0.1) is 12.8 Å². The van der Waals surface area contributed by atoms with Crippen molar-refractivity contribution in [3.05, 3.63) is 11.8 Å². The topological polar surface area (TPSA) is 160 Å². The van der Waals surface area contributed by atoms with Crippen molar-refractivity contribution in [2.45, 2.75) is 13.0 Å². The van der Waals surface area contributed by atoms with Crippen LogP contribution in [-0.4, -0.2) is 117 Å². The molecule has 34 heavy (non-hydrogen) atoms. The van der Waals surface area contributed by atoms with Gasteiger partial charge in [0.2, 0.25) is 0 Å². The highest BCUT2D eigenvalue weighted by Crippen LogP contribution is 2.20. The largest absolute Gasteiger partial charge is 0.333 e. The molecule has 1 aromatic heterocycles. The van der Waals surface area contributed by atoms with Gasteiger partial charge < -0.3 is 5.32 Å². The monoisotopic (exact) mass is 466 g/mol. The first-order chi connectivity index (χ1) is 16.2. The van der Waals surface area contributed by atoms with E-state index in [2.05, 4.69) is 30.5 Å². The van der Waals surface area contributed by atoms with Gasteiger partial charge in [0.05, 0.1) is 5.69 Å². The highest BCUT2D eigenvalue weighted by Gasteiger charge is 2.50. The Balaban J connectivity index is 1.35. The number of hydrogen-bond donors (Lipinski definition) is 1. The van der Waals surface area contributed by atoms with Crippen molar-refractivity contribution in [3.8, 4) is 0 Å². The molecule has 5 heterocycles. The van der Waals surface area contributed by atoms with E-state index in [1.54, 1.807) is 20.0 Å². The average Bonchev–Trinajstić information content (AvgIpc) is 3.48. The van der Waals surface area contributed by atoms with E-state index in [4.69, 9.17) is 0 Å². The second-order valence-electron chi connectivity index (χ2n) is 8.03. The number of rotatable bonds is 3. The first-order valence-electron chi connectivity index (χ1n) is 10.2. The van der Waals surface area contributed by atoms with Crippen LogP contribution >= 0.6 is 0 Å². The van der Waals surface area contributed by atoms with Gasteiger partial charge in [0.25, 0.3) is 41.9 Å². The number of amidine groups is 2. The van der Waals surface area contributed by atoms with Crippen molar-refractivity contribution in [3.63, 3.8) is 0 Å². The third-order valence-corrected chi connectivity index (χ3v) is 5.70. The number of anilines is 1. The van der Waals surface area contributed by atoms with Gasteiger partial charge in [-0.25, -0.2) is 9.37 Å². The van der Waals surface area contributed by atoms with Gasteiger partial charge in [0, 0.05) is 33.4 Å². The van der Waals surface area contributed by atoms with Gasteiger partial charge in [-0.3, -0.25) is 29.2 Å². The number of hydrazone groups is 1. The summed E-state index contributed by atoms with van der Waals surface area (Å²) in [6.07, 6.45) is 2.82. The molecule has 0 aliphatic carbocycles. The van der Waals surface area contributed by atoms with Crippen molar-refractivity contribution in [1.29, 1.82) is 0 Å². The minimum Gasteiger partial charge on any atom is -0.307 e. The summed E-state index contributed by atoms with van der Waals surface area (Å²) in [5.41, 5.74) is 0.561. The number of amides is 5. The molecule has 0 radical (unpaired) electrons. The SMILES string of the molecule is Cc1cc(NC(=O)C[N+]2=CN=C3C2C(=O)N(C)C(=O)N3C)n(C2=NC(=O)C3C=NN(C)C3=N2)n1. The van der Waals surface area contributed by atoms with Crippen molar-refractivity contribution < 1.29 is 23.8 Å². The molecule has 2 unspecified atom stereocenters. The quantitative estimate of drug-likeness (QED) is 0.516. The van der Waals surface area contributed by atoms with Crippen LogP contribution in [0.15, 0.2) is 26.1 Å². The van der Waals surface area contributed by atoms with Gasteiger partial charge >= 0.3 is 6.03 Å². The van der Waals surface area contributed by atoms with Crippen LogP contribution < -0.4 is 5.32 Å². The van der Waals surface area contributed by atoms with Gasteiger partial charge in [0.15, 0.2) is 6.54 Å². The van der Waals surface area contributed by atoms with Crippen LogP contribution in [0.1, 0.15) is 5.69 Å². The Bertz CT molecular complexity index is 1320. The molecule has 1 N–H and O–H groups in total. The third-order valence-electron chi connectivity index (χ3n) is 5.70. The van der Waals surface area contributed by atoms with Crippen molar-refractivity contribution in [1.82, 2.24) is 24.6 Å². The van der Waals surface area contributed by atoms with Gasteiger partial charge in [-0.15, -0.1) is 0 Å². The molecule has 1 aromatic rings. The third kappa shape index (κ3) is 3.20. The number of imide groups is 1. The molecule has 0 saturated carbocycles. The molecule has 0 aromatic carbocycles. The lowest BCUT2D eigenvalue weighted by atomic mass is 10.1. The molecule has 15 nitrogen and oxygen atoms in total. The Morgan fingerprint density at radius 3 is 2.65 bits per heavy atom. The van der Waals surface area contributed by atoms with Gasteiger partial charge in [-0.1, -0.05) is 0 Å². The first-order valence-corrected chi connectivity index (χ1v) is 10.2. The molecule has 1 saturated heterocycles. The number of aryl methyl sites for hydroxylation is 1. The maximum atomic E-state index is 12.9. The number of hydrogen-bond acceptors (Lipinski definition) is 9. The summed E-state index contributed by atoms with van der Waals surface area (Å²) in [6.45, 7) is 1.50. The fourth-order valence-corrected chi connectivity index (χ4v) is 3.96. The lowest BCUT2D eigenvalue weighted by Gasteiger charge is -2.30. The zero-order valence-electron chi connectivity index (χ0n) is 18.7. The molecule has 174 valence electrons. The summed E-state index contributed by atoms with van der Waals surface area (Å²) in [5.74, 6) is -1.11. The summed E-state index contributed by atoms with van der Waals surface area (Å²) >= 11 is 0. The Kier molecular flexibility index (Phi) is 4.70. The maximum absolute atomic E-state index is 12.9. The van der Waals surface area contributed by atoms with E-state index in [0.717, 1.165) is 4.90 Å². The average molecular weight is 466 g/mol. The number of aromatic nitrogens is 2. The molecular weight excluding hydrogens is 446 g/mol. The molecule has 4 aliphatic rings. The molecule has 0 bridgehead atoms. The Labute approximate surface area is 192 Å². The van der Waals surface area contributed by atoms with Crippen LogP contribution in [-0.2, 0) is 14.4 Å². The molecule has 5 amide bonds. The second kappa shape index (κ2) is 7.50. The van der Waals surface area contributed by atoms with E-state index in [-0.39, 0.29) is 24.2 Å². The predicted octanol–water partition coefficient (Wildman–Crippen LogP) is -1.83. The highest BCUT2D eigenvalue weighted by atomic mass is 16.2. The summed E-state index contributed by atoms with van der Waals surface area (Å²) in [7, 11) is 4.56. The van der Waals surface area contributed by atoms with Gasteiger partial charge in [0.1, 0.15) is 17.6 Å². The van der Waals surface area contributed by atoms with Gasteiger partial charge in [-0.05, 0) is 11.9 Å². The lowest BCUT2D eigenvalue weighted by molar-refractivity contribution is -0.519. The van der Waals surface area contributed by atoms with E-state index >= 15 is 0 Å². The normalized spacial score (nSPS) is 23.5. The number of carbonyl (C=O) groups excluding carboxylic acids is 4. The van der Waals surface area contributed by atoms with Crippen LogP contribution in [0.3, 0.4) is 0 Å². The van der Waals surface area contributed by atoms with Crippen LogP contribution in [0.5, 0.6) is 0 Å². The van der Waals surface area contributed by atoms with E-state index < -0.39 is 35.7 Å². The number of carbonyl (C=O) groups is 4. The molecule has 0 spiro atoms. The van der Waals surface area contributed by atoms with Crippen molar-refractivity contribution in [2.24, 2.45) is 26.0 Å².